The Morgan fingerprint density at radius 3 is 2.20 bits per heavy atom. The predicted molar refractivity (Wildman–Crippen MR) is 145 cm³/mol. The lowest BCUT2D eigenvalue weighted by molar-refractivity contribution is -0.206. The largest absolute Gasteiger partial charge is 0.462 e. The predicted octanol–water partition coefficient (Wildman–Crippen LogP) is 8.99. The molecule has 0 N–H and O–H groups in total. The Morgan fingerprint density at radius 1 is 0.886 bits per heavy atom. The highest BCUT2D eigenvalue weighted by Gasteiger charge is 2.70. The molecule has 5 aliphatic carbocycles. The number of fused-ring (bicyclic) bond motifs is 7. The van der Waals surface area contributed by atoms with Gasteiger partial charge in [-0.05, 0) is 109 Å². The van der Waals surface area contributed by atoms with Gasteiger partial charge in [0, 0.05) is 12.3 Å². The molecular weight excluding hydrogens is 428 g/mol. The van der Waals surface area contributed by atoms with Crippen LogP contribution < -0.4 is 0 Å². The Kier molecular flexibility index (Phi) is 5.63. The monoisotopic (exact) mass is 482 g/mol. The number of esters is 1. The Morgan fingerprint density at radius 2 is 1.57 bits per heavy atom. The minimum Gasteiger partial charge on any atom is -0.462 e. The molecule has 0 saturated heterocycles. The van der Waals surface area contributed by atoms with E-state index < -0.39 is 0 Å². The Balaban J connectivity index is 1.55. The standard InChI is InChI=1S/C33H54O2/c1-21(2)23-11-12-26-29(23,6)19-20-30(7)24-14-18-33(10)28(4,5)27(35-22(3)34)15-17-31(33,8)25(24)13-16-32(26,30)9/h13,21,23-24,26-27H,11-12,14-20H2,1-10H3/t23-,24+,26-,27-,29-,30-,31+,32+,33-/m0/s1. The number of carbonyl (C=O) groups excluding carboxylic acids is 1. The van der Waals surface area contributed by atoms with E-state index in [2.05, 4.69) is 68.4 Å². The second-order valence-electron chi connectivity index (χ2n) is 15.8. The Labute approximate surface area is 216 Å². The molecule has 0 radical (unpaired) electrons. The molecule has 198 valence electrons. The van der Waals surface area contributed by atoms with Gasteiger partial charge in [0.2, 0.25) is 0 Å². The quantitative estimate of drug-likeness (QED) is 0.290. The van der Waals surface area contributed by atoms with Crippen LogP contribution in [0.3, 0.4) is 0 Å². The SMILES string of the molecule is CC(=O)O[C@H]1CC[C@]2(C)C3=CC[C@]4(C)[C@H]5CC[C@@H](C(C)C)[C@]5(C)CC[C@@]4(C)[C@@H]3CC[C@@]2(C)C1(C)C. The fourth-order valence-corrected chi connectivity index (χ4v) is 11.8. The van der Waals surface area contributed by atoms with Gasteiger partial charge in [-0.25, -0.2) is 0 Å². The maximum Gasteiger partial charge on any atom is 0.302 e. The molecule has 4 saturated carbocycles. The van der Waals surface area contributed by atoms with Gasteiger partial charge in [-0.2, -0.15) is 0 Å². The van der Waals surface area contributed by atoms with Crippen molar-refractivity contribution in [3.63, 3.8) is 0 Å². The zero-order chi connectivity index (χ0) is 25.8. The molecule has 0 aliphatic heterocycles. The van der Waals surface area contributed by atoms with E-state index in [9.17, 15) is 4.79 Å². The molecule has 0 spiro atoms. The number of carbonyl (C=O) groups is 1. The van der Waals surface area contributed by atoms with Crippen LogP contribution >= 0.6 is 0 Å². The van der Waals surface area contributed by atoms with Crippen LogP contribution in [-0.2, 0) is 9.53 Å². The highest BCUT2D eigenvalue weighted by molar-refractivity contribution is 5.66. The van der Waals surface area contributed by atoms with Crippen LogP contribution in [0.5, 0.6) is 0 Å². The molecule has 0 aromatic rings. The number of ether oxygens (including phenoxy) is 1. The van der Waals surface area contributed by atoms with Crippen LogP contribution in [0, 0.1) is 56.2 Å². The van der Waals surface area contributed by atoms with Gasteiger partial charge in [-0.15, -0.1) is 0 Å². The Bertz CT molecular complexity index is 929. The average Bonchev–Trinajstić information content (AvgIpc) is 3.12. The molecule has 2 heteroatoms. The third kappa shape index (κ3) is 2.98. The van der Waals surface area contributed by atoms with Crippen molar-refractivity contribution in [1.29, 1.82) is 0 Å². The maximum atomic E-state index is 12.0. The van der Waals surface area contributed by atoms with E-state index in [1.165, 1.54) is 44.9 Å². The molecule has 0 aromatic heterocycles. The molecule has 5 rings (SSSR count). The van der Waals surface area contributed by atoms with Crippen molar-refractivity contribution in [2.24, 2.45) is 56.2 Å². The summed E-state index contributed by atoms with van der Waals surface area (Å²) >= 11 is 0. The highest BCUT2D eigenvalue weighted by Crippen LogP contribution is 2.78. The van der Waals surface area contributed by atoms with Crippen LogP contribution in [0.2, 0.25) is 0 Å². The first-order valence-corrected chi connectivity index (χ1v) is 15.0. The van der Waals surface area contributed by atoms with Crippen molar-refractivity contribution in [1.82, 2.24) is 0 Å². The summed E-state index contributed by atoms with van der Waals surface area (Å²) in [5.74, 6) is 3.14. The van der Waals surface area contributed by atoms with Crippen molar-refractivity contribution < 1.29 is 9.53 Å². The summed E-state index contributed by atoms with van der Waals surface area (Å²) in [4.78, 5) is 12.0. The lowest BCUT2D eigenvalue weighted by atomic mass is 9.33. The third-order valence-corrected chi connectivity index (χ3v) is 14.6. The highest BCUT2D eigenvalue weighted by atomic mass is 16.5. The molecule has 0 aromatic carbocycles. The van der Waals surface area contributed by atoms with Gasteiger partial charge in [0.15, 0.2) is 0 Å². The first kappa shape index (κ1) is 25.8. The summed E-state index contributed by atoms with van der Waals surface area (Å²) in [5, 5.41) is 0. The first-order chi connectivity index (χ1) is 16.1. The first-order valence-electron chi connectivity index (χ1n) is 15.0. The van der Waals surface area contributed by atoms with E-state index in [1.54, 1.807) is 12.5 Å². The molecule has 2 nitrogen and oxygen atoms in total. The Hall–Kier alpha value is -0.790. The summed E-state index contributed by atoms with van der Waals surface area (Å²) in [6.45, 7) is 24.6. The van der Waals surface area contributed by atoms with Crippen molar-refractivity contribution >= 4 is 5.97 Å². The van der Waals surface area contributed by atoms with E-state index in [-0.39, 0.29) is 28.3 Å². The van der Waals surface area contributed by atoms with E-state index in [0.717, 1.165) is 30.6 Å². The second-order valence-corrected chi connectivity index (χ2v) is 15.8. The molecule has 0 unspecified atom stereocenters. The van der Waals surface area contributed by atoms with E-state index >= 15 is 0 Å². The fourth-order valence-electron chi connectivity index (χ4n) is 11.8. The zero-order valence-corrected chi connectivity index (χ0v) is 24.6. The molecule has 9 atom stereocenters. The number of hydrogen-bond donors (Lipinski definition) is 0. The van der Waals surface area contributed by atoms with Gasteiger partial charge >= 0.3 is 5.97 Å². The van der Waals surface area contributed by atoms with Gasteiger partial charge in [0.05, 0.1) is 0 Å². The second kappa shape index (κ2) is 7.63. The normalized spacial score (nSPS) is 52.6. The van der Waals surface area contributed by atoms with E-state index in [4.69, 9.17) is 4.74 Å². The van der Waals surface area contributed by atoms with Crippen LogP contribution in [-0.4, -0.2) is 12.1 Å². The topological polar surface area (TPSA) is 26.3 Å². The van der Waals surface area contributed by atoms with Crippen molar-refractivity contribution in [2.45, 2.75) is 133 Å². The van der Waals surface area contributed by atoms with Gasteiger partial charge in [-0.3, -0.25) is 4.79 Å². The van der Waals surface area contributed by atoms with Crippen molar-refractivity contribution in [3.8, 4) is 0 Å². The lowest BCUT2D eigenvalue weighted by Gasteiger charge is -2.72. The van der Waals surface area contributed by atoms with Gasteiger partial charge in [0.1, 0.15) is 6.10 Å². The van der Waals surface area contributed by atoms with Gasteiger partial charge in [-0.1, -0.05) is 74.0 Å². The van der Waals surface area contributed by atoms with E-state index in [0.29, 0.717) is 22.2 Å². The number of rotatable bonds is 2. The molecule has 0 amide bonds. The van der Waals surface area contributed by atoms with Crippen LogP contribution in [0.4, 0.5) is 0 Å². The summed E-state index contributed by atoms with van der Waals surface area (Å²) in [6.07, 6.45) is 14.5. The molecule has 0 heterocycles. The third-order valence-electron chi connectivity index (χ3n) is 14.6. The zero-order valence-electron chi connectivity index (χ0n) is 24.6. The lowest BCUT2D eigenvalue weighted by Crippen LogP contribution is -2.65. The molecule has 4 fully saturated rings. The van der Waals surface area contributed by atoms with Crippen molar-refractivity contribution in [2.75, 3.05) is 0 Å². The number of allylic oxidation sites excluding steroid dienone is 2. The van der Waals surface area contributed by atoms with Gasteiger partial charge < -0.3 is 4.74 Å². The summed E-state index contributed by atoms with van der Waals surface area (Å²) in [7, 11) is 0. The summed E-state index contributed by atoms with van der Waals surface area (Å²) in [5.41, 5.74) is 3.43. The minimum absolute atomic E-state index is 0.0276. The van der Waals surface area contributed by atoms with Crippen LogP contribution in [0.25, 0.3) is 0 Å². The number of hydrogen-bond acceptors (Lipinski definition) is 2. The van der Waals surface area contributed by atoms with Crippen LogP contribution in [0.1, 0.15) is 127 Å². The van der Waals surface area contributed by atoms with Crippen LogP contribution in [0.15, 0.2) is 11.6 Å². The molecule has 35 heavy (non-hydrogen) atoms. The van der Waals surface area contributed by atoms with Gasteiger partial charge in [0.25, 0.3) is 0 Å². The van der Waals surface area contributed by atoms with E-state index in [1.807, 2.05) is 0 Å². The molecule has 0 bridgehead atoms. The smallest absolute Gasteiger partial charge is 0.302 e. The minimum atomic E-state index is -0.120. The summed E-state index contributed by atoms with van der Waals surface area (Å²) < 4.78 is 5.95. The summed E-state index contributed by atoms with van der Waals surface area (Å²) in [6, 6.07) is 0. The maximum absolute atomic E-state index is 12.0. The van der Waals surface area contributed by atoms with Crippen molar-refractivity contribution in [3.05, 3.63) is 11.6 Å². The average molecular weight is 483 g/mol. The molecular formula is C33H54O2. The molecule has 5 aliphatic rings. The fraction of sp³-hybridized carbons (Fsp3) is 0.909.